The molecular weight excluding hydrogens is 347 g/mol. The number of likely N-dealkylation sites (tertiary alicyclic amines) is 1. The molecular formula is C15H19ClF3N3O2. The lowest BCUT2D eigenvalue weighted by molar-refractivity contribution is -0.137. The van der Waals surface area contributed by atoms with Crippen molar-refractivity contribution in [3.05, 3.63) is 22.8 Å². The summed E-state index contributed by atoms with van der Waals surface area (Å²) in [6.07, 6.45) is -2.00. The number of carbonyl (C=O) groups excluding carboxylic acids is 1. The van der Waals surface area contributed by atoms with E-state index in [0.717, 1.165) is 12.3 Å². The first-order valence-corrected chi connectivity index (χ1v) is 7.95. The van der Waals surface area contributed by atoms with Gasteiger partial charge in [0, 0.05) is 32.4 Å². The SMILES string of the molecule is COCCC(=O)N1CCC(Nc2ncc(C(F)(F)F)cc2Cl)CC1. The Bertz CT molecular complexity index is 576. The highest BCUT2D eigenvalue weighted by molar-refractivity contribution is 6.33. The second kappa shape index (κ2) is 8.02. The highest BCUT2D eigenvalue weighted by Gasteiger charge is 2.32. The van der Waals surface area contributed by atoms with Crippen LogP contribution < -0.4 is 5.32 Å². The topological polar surface area (TPSA) is 54.5 Å². The number of carbonyl (C=O) groups is 1. The molecule has 2 rings (SSSR count). The van der Waals surface area contributed by atoms with Crippen molar-refractivity contribution in [3.8, 4) is 0 Å². The average molecular weight is 366 g/mol. The number of methoxy groups -OCH3 is 1. The first-order chi connectivity index (χ1) is 11.3. The van der Waals surface area contributed by atoms with E-state index in [1.165, 1.54) is 0 Å². The standard InChI is InChI=1S/C15H19ClF3N3O2/c1-24-7-4-13(23)22-5-2-11(3-6-22)21-14-12(16)8-10(9-20-14)15(17,18)19/h8-9,11H,2-7H2,1H3,(H,20,21). The fraction of sp³-hybridized carbons (Fsp3) is 0.600. The molecule has 1 aromatic rings. The summed E-state index contributed by atoms with van der Waals surface area (Å²) in [4.78, 5) is 17.4. The van der Waals surface area contributed by atoms with Gasteiger partial charge in [-0.2, -0.15) is 13.2 Å². The Kier molecular flexibility index (Phi) is 6.28. The first kappa shape index (κ1) is 18.8. The summed E-state index contributed by atoms with van der Waals surface area (Å²) in [7, 11) is 1.55. The number of aromatic nitrogens is 1. The Morgan fingerprint density at radius 3 is 2.67 bits per heavy atom. The summed E-state index contributed by atoms with van der Waals surface area (Å²) in [5.74, 6) is 0.273. The molecule has 0 unspecified atom stereocenters. The van der Waals surface area contributed by atoms with E-state index in [9.17, 15) is 18.0 Å². The maximum atomic E-state index is 12.6. The van der Waals surface area contributed by atoms with E-state index in [1.807, 2.05) is 0 Å². The minimum absolute atomic E-state index is 0.0122. The summed E-state index contributed by atoms with van der Waals surface area (Å²) in [6, 6.07) is 0.874. The zero-order valence-corrected chi connectivity index (χ0v) is 14.0. The average Bonchev–Trinajstić information content (AvgIpc) is 2.54. The van der Waals surface area contributed by atoms with E-state index < -0.39 is 11.7 Å². The maximum absolute atomic E-state index is 12.6. The van der Waals surface area contributed by atoms with E-state index >= 15 is 0 Å². The van der Waals surface area contributed by atoms with Crippen molar-refractivity contribution >= 4 is 23.3 Å². The van der Waals surface area contributed by atoms with Gasteiger partial charge in [-0.15, -0.1) is 0 Å². The van der Waals surface area contributed by atoms with Crippen molar-refractivity contribution < 1.29 is 22.7 Å². The van der Waals surface area contributed by atoms with E-state index in [-0.39, 0.29) is 22.8 Å². The number of piperidine rings is 1. The van der Waals surface area contributed by atoms with Crippen LogP contribution in [0.3, 0.4) is 0 Å². The van der Waals surface area contributed by atoms with E-state index in [2.05, 4.69) is 10.3 Å². The van der Waals surface area contributed by atoms with Gasteiger partial charge in [0.25, 0.3) is 0 Å². The lowest BCUT2D eigenvalue weighted by Gasteiger charge is -2.32. The number of pyridine rings is 1. The van der Waals surface area contributed by atoms with Gasteiger partial charge in [0.15, 0.2) is 0 Å². The van der Waals surface area contributed by atoms with E-state index in [4.69, 9.17) is 16.3 Å². The Labute approximate surface area is 143 Å². The Morgan fingerprint density at radius 1 is 1.46 bits per heavy atom. The largest absolute Gasteiger partial charge is 0.417 e. The molecule has 1 aromatic heterocycles. The van der Waals surface area contributed by atoms with Crippen molar-refractivity contribution in [2.45, 2.75) is 31.5 Å². The molecule has 134 valence electrons. The Hall–Kier alpha value is -1.54. The molecule has 1 N–H and O–H groups in total. The van der Waals surface area contributed by atoms with Gasteiger partial charge in [0.1, 0.15) is 5.82 Å². The normalized spacial score (nSPS) is 16.3. The first-order valence-electron chi connectivity index (χ1n) is 7.57. The molecule has 0 aliphatic carbocycles. The minimum Gasteiger partial charge on any atom is -0.384 e. The van der Waals surface area contributed by atoms with Gasteiger partial charge in [-0.1, -0.05) is 11.6 Å². The van der Waals surface area contributed by atoms with Crippen LogP contribution in [0.1, 0.15) is 24.8 Å². The lowest BCUT2D eigenvalue weighted by atomic mass is 10.0. The number of hydrogen-bond acceptors (Lipinski definition) is 4. The van der Waals surface area contributed by atoms with Crippen LogP contribution >= 0.6 is 11.6 Å². The Morgan fingerprint density at radius 2 is 2.12 bits per heavy atom. The molecule has 0 spiro atoms. The van der Waals surface area contributed by atoms with Crippen molar-refractivity contribution in [1.82, 2.24) is 9.88 Å². The van der Waals surface area contributed by atoms with Crippen LogP contribution in [0.25, 0.3) is 0 Å². The molecule has 5 nitrogen and oxygen atoms in total. The van der Waals surface area contributed by atoms with Gasteiger partial charge in [0.2, 0.25) is 5.91 Å². The van der Waals surface area contributed by atoms with Gasteiger partial charge in [-0.05, 0) is 18.9 Å². The smallest absolute Gasteiger partial charge is 0.384 e. The van der Waals surface area contributed by atoms with Crippen LogP contribution in [0.5, 0.6) is 0 Å². The molecule has 1 saturated heterocycles. The minimum atomic E-state index is -4.47. The molecule has 2 heterocycles. The third kappa shape index (κ3) is 4.98. The van der Waals surface area contributed by atoms with Gasteiger partial charge in [0.05, 0.1) is 23.6 Å². The summed E-state index contributed by atoms with van der Waals surface area (Å²) in [6.45, 7) is 1.55. The second-order valence-electron chi connectivity index (χ2n) is 5.59. The molecule has 0 atom stereocenters. The molecule has 0 aromatic carbocycles. The summed E-state index contributed by atoms with van der Waals surface area (Å²) >= 11 is 5.89. The van der Waals surface area contributed by atoms with Gasteiger partial charge >= 0.3 is 6.18 Å². The number of anilines is 1. The van der Waals surface area contributed by atoms with Gasteiger partial charge < -0.3 is 15.0 Å². The number of ether oxygens (including phenoxy) is 1. The number of amides is 1. The van der Waals surface area contributed by atoms with Crippen LogP contribution in [-0.4, -0.2) is 48.6 Å². The van der Waals surface area contributed by atoms with Crippen LogP contribution in [-0.2, 0) is 15.7 Å². The van der Waals surface area contributed by atoms with Crippen LogP contribution in [0.15, 0.2) is 12.3 Å². The van der Waals surface area contributed by atoms with Crippen molar-refractivity contribution in [3.63, 3.8) is 0 Å². The van der Waals surface area contributed by atoms with Crippen molar-refractivity contribution in [1.29, 1.82) is 0 Å². The number of hydrogen-bond donors (Lipinski definition) is 1. The molecule has 0 radical (unpaired) electrons. The molecule has 0 saturated carbocycles. The molecule has 24 heavy (non-hydrogen) atoms. The molecule has 9 heteroatoms. The highest BCUT2D eigenvalue weighted by Crippen LogP contribution is 2.32. The molecule has 1 amide bonds. The number of nitrogens with zero attached hydrogens (tertiary/aromatic N) is 2. The zero-order chi connectivity index (χ0) is 17.7. The number of rotatable bonds is 5. The third-order valence-electron chi connectivity index (χ3n) is 3.88. The van der Waals surface area contributed by atoms with Crippen LogP contribution in [0, 0.1) is 0 Å². The Balaban J connectivity index is 1.89. The fourth-order valence-corrected chi connectivity index (χ4v) is 2.73. The number of alkyl halides is 3. The summed E-state index contributed by atoms with van der Waals surface area (Å²) in [5, 5.41) is 2.99. The lowest BCUT2D eigenvalue weighted by Crippen LogP contribution is -2.42. The van der Waals surface area contributed by atoms with Gasteiger partial charge in [-0.25, -0.2) is 4.98 Å². The molecule has 1 aliphatic heterocycles. The predicted octanol–water partition coefficient (Wildman–Crippen LogP) is 3.19. The van der Waals surface area contributed by atoms with E-state index in [0.29, 0.717) is 39.0 Å². The van der Waals surface area contributed by atoms with Crippen molar-refractivity contribution in [2.75, 3.05) is 32.1 Å². The second-order valence-corrected chi connectivity index (χ2v) is 6.00. The number of halogens is 4. The zero-order valence-electron chi connectivity index (χ0n) is 13.2. The van der Waals surface area contributed by atoms with Crippen LogP contribution in [0.4, 0.5) is 19.0 Å². The van der Waals surface area contributed by atoms with Crippen molar-refractivity contribution in [2.24, 2.45) is 0 Å². The van der Waals surface area contributed by atoms with Gasteiger partial charge in [-0.3, -0.25) is 4.79 Å². The third-order valence-corrected chi connectivity index (χ3v) is 4.17. The predicted molar refractivity (Wildman–Crippen MR) is 84.0 cm³/mol. The van der Waals surface area contributed by atoms with Crippen LogP contribution in [0.2, 0.25) is 5.02 Å². The fourth-order valence-electron chi connectivity index (χ4n) is 2.51. The maximum Gasteiger partial charge on any atom is 0.417 e. The summed E-state index contributed by atoms with van der Waals surface area (Å²) < 4.78 is 42.7. The quantitative estimate of drug-likeness (QED) is 0.870. The highest BCUT2D eigenvalue weighted by atomic mass is 35.5. The number of nitrogens with one attached hydrogen (secondary N) is 1. The summed E-state index contributed by atoms with van der Waals surface area (Å²) in [5.41, 5.74) is -0.878. The van der Waals surface area contributed by atoms with E-state index in [1.54, 1.807) is 12.0 Å². The molecule has 1 aliphatic rings. The molecule has 1 fully saturated rings. The monoisotopic (exact) mass is 365 g/mol. The molecule has 0 bridgehead atoms.